The van der Waals surface area contributed by atoms with Gasteiger partial charge in [-0.15, -0.1) is 0 Å². The molecule has 1 aromatic rings. The number of benzene rings is 1. The molecule has 7 nitrogen and oxygen atoms in total. The highest BCUT2D eigenvalue weighted by molar-refractivity contribution is 5.99. The summed E-state index contributed by atoms with van der Waals surface area (Å²) in [5.41, 5.74) is 12.0. The average molecular weight is 278 g/mol. The predicted octanol–water partition coefficient (Wildman–Crippen LogP) is 0.867. The first-order valence-corrected chi connectivity index (χ1v) is 6.49. The number of hydrogen-bond acceptors (Lipinski definition) is 5. The van der Waals surface area contributed by atoms with Crippen LogP contribution in [-0.2, 0) is 0 Å². The van der Waals surface area contributed by atoms with E-state index in [4.69, 9.17) is 11.5 Å². The summed E-state index contributed by atoms with van der Waals surface area (Å²) in [6.45, 7) is 3.46. The van der Waals surface area contributed by atoms with Crippen LogP contribution in [0.5, 0.6) is 0 Å². The minimum atomic E-state index is -0.670. The Morgan fingerprint density at radius 2 is 2.20 bits per heavy atom. The van der Waals surface area contributed by atoms with Crippen LogP contribution in [0.15, 0.2) is 18.2 Å². The van der Waals surface area contributed by atoms with Crippen molar-refractivity contribution in [3.8, 4) is 0 Å². The quantitative estimate of drug-likeness (QED) is 0.628. The van der Waals surface area contributed by atoms with Crippen LogP contribution in [0.4, 0.5) is 11.4 Å². The van der Waals surface area contributed by atoms with E-state index < -0.39 is 10.8 Å². The number of nitrogens with zero attached hydrogens (tertiary/aromatic N) is 2. The van der Waals surface area contributed by atoms with Crippen LogP contribution in [-0.4, -0.2) is 30.0 Å². The zero-order valence-electron chi connectivity index (χ0n) is 11.3. The summed E-state index contributed by atoms with van der Waals surface area (Å²) in [4.78, 5) is 23.7. The minimum absolute atomic E-state index is 0.0136. The van der Waals surface area contributed by atoms with Crippen molar-refractivity contribution in [2.75, 3.05) is 18.0 Å². The molecule has 1 heterocycles. The SMILES string of the molecule is CC1CCN(c2ccc([N+](=O)[O-])cc2C(N)=O)CC1N. The molecule has 0 radical (unpaired) electrons. The largest absolute Gasteiger partial charge is 0.369 e. The van der Waals surface area contributed by atoms with Gasteiger partial charge in [0.05, 0.1) is 16.2 Å². The molecule has 1 fully saturated rings. The topological polar surface area (TPSA) is 115 Å². The Morgan fingerprint density at radius 3 is 2.75 bits per heavy atom. The molecule has 20 heavy (non-hydrogen) atoms. The minimum Gasteiger partial charge on any atom is -0.369 e. The Balaban J connectivity index is 2.36. The van der Waals surface area contributed by atoms with Crippen LogP contribution < -0.4 is 16.4 Å². The standard InChI is InChI=1S/C13H18N4O3/c1-8-4-5-16(7-11(8)14)12-3-2-9(17(19)20)6-10(12)13(15)18/h2-3,6,8,11H,4-5,7,14H2,1H3,(H2,15,18). The highest BCUT2D eigenvalue weighted by atomic mass is 16.6. The Bertz CT molecular complexity index is 546. The summed E-state index contributed by atoms with van der Waals surface area (Å²) < 4.78 is 0. The van der Waals surface area contributed by atoms with Gasteiger partial charge in [-0.2, -0.15) is 0 Å². The molecule has 4 N–H and O–H groups in total. The van der Waals surface area contributed by atoms with Crippen LogP contribution in [0.2, 0.25) is 0 Å². The van der Waals surface area contributed by atoms with E-state index in [2.05, 4.69) is 6.92 Å². The van der Waals surface area contributed by atoms with E-state index in [1.54, 1.807) is 6.07 Å². The van der Waals surface area contributed by atoms with E-state index in [0.717, 1.165) is 13.0 Å². The number of anilines is 1. The van der Waals surface area contributed by atoms with Gasteiger partial charge in [-0.05, 0) is 18.4 Å². The van der Waals surface area contributed by atoms with E-state index in [9.17, 15) is 14.9 Å². The zero-order valence-corrected chi connectivity index (χ0v) is 11.3. The summed E-state index contributed by atoms with van der Waals surface area (Å²) >= 11 is 0. The number of rotatable bonds is 3. The first-order chi connectivity index (χ1) is 9.40. The van der Waals surface area contributed by atoms with Gasteiger partial charge in [0, 0.05) is 31.3 Å². The average Bonchev–Trinajstić information content (AvgIpc) is 2.41. The molecule has 0 saturated carbocycles. The third-order valence-electron chi connectivity index (χ3n) is 3.81. The van der Waals surface area contributed by atoms with Crippen molar-refractivity contribution in [1.29, 1.82) is 0 Å². The number of nitrogens with two attached hydrogens (primary N) is 2. The molecule has 1 saturated heterocycles. The Hall–Kier alpha value is -2.15. The molecule has 2 rings (SSSR count). The highest BCUT2D eigenvalue weighted by Gasteiger charge is 2.26. The van der Waals surface area contributed by atoms with Crippen molar-refractivity contribution >= 4 is 17.3 Å². The molecule has 2 unspecified atom stereocenters. The lowest BCUT2D eigenvalue weighted by Gasteiger charge is -2.37. The van der Waals surface area contributed by atoms with Crippen molar-refractivity contribution in [1.82, 2.24) is 0 Å². The van der Waals surface area contributed by atoms with Crippen molar-refractivity contribution in [3.63, 3.8) is 0 Å². The van der Waals surface area contributed by atoms with Crippen LogP contribution in [0.1, 0.15) is 23.7 Å². The van der Waals surface area contributed by atoms with E-state index in [-0.39, 0.29) is 17.3 Å². The maximum Gasteiger partial charge on any atom is 0.270 e. The molecular weight excluding hydrogens is 260 g/mol. The summed E-state index contributed by atoms with van der Waals surface area (Å²) in [5, 5.41) is 10.8. The fraction of sp³-hybridized carbons (Fsp3) is 0.462. The Kier molecular flexibility index (Phi) is 3.89. The van der Waals surface area contributed by atoms with Crippen molar-refractivity contribution in [2.45, 2.75) is 19.4 Å². The second-order valence-electron chi connectivity index (χ2n) is 5.20. The van der Waals surface area contributed by atoms with Crippen molar-refractivity contribution in [3.05, 3.63) is 33.9 Å². The molecule has 7 heteroatoms. The van der Waals surface area contributed by atoms with E-state index in [1.807, 2.05) is 4.90 Å². The lowest BCUT2D eigenvalue weighted by Crippen LogP contribution is -2.48. The van der Waals surface area contributed by atoms with Gasteiger partial charge in [0.1, 0.15) is 0 Å². The molecule has 0 spiro atoms. The molecule has 1 amide bonds. The Labute approximate surface area is 116 Å². The molecule has 0 aromatic heterocycles. The van der Waals surface area contributed by atoms with E-state index in [0.29, 0.717) is 18.2 Å². The van der Waals surface area contributed by atoms with E-state index >= 15 is 0 Å². The fourth-order valence-electron chi connectivity index (χ4n) is 2.43. The van der Waals surface area contributed by atoms with Crippen LogP contribution in [0.25, 0.3) is 0 Å². The Morgan fingerprint density at radius 1 is 1.50 bits per heavy atom. The predicted molar refractivity (Wildman–Crippen MR) is 75.6 cm³/mol. The van der Waals surface area contributed by atoms with Gasteiger partial charge in [0.2, 0.25) is 0 Å². The molecule has 0 bridgehead atoms. The van der Waals surface area contributed by atoms with Gasteiger partial charge in [-0.1, -0.05) is 6.92 Å². The molecule has 1 aliphatic heterocycles. The number of nitro groups is 1. The lowest BCUT2D eigenvalue weighted by molar-refractivity contribution is -0.384. The number of hydrogen-bond donors (Lipinski definition) is 2. The number of piperidine rings is 1. The number of carbonyl (C=O) groups excluding carboxylic acids is 1. The smallest absolute Gasteiger partial charge is 0.270 e. The first kappa shape index (κ1) is 14.3. The van der Waals surface area contributed by atoms with Crippen LogP contribution in [0, 0.1) is 16.0 Å². The maximum atomic E-state index is 11.5. The summed E-state index contributed by atoms with van der Waals surface area (Å²) in [6, 6.07) is 4.19. The third kappa shape index (κ3) is 2.72. The molecule has 1 aromatic carbocycles. The number of nitro benzene ring substituents is 1. The molecule has 2 atom stereocenters. The maximum absolute atomic E-state index is 11.5. The molecule has 1 aliphatic rings. The number of non-ortho nitro benzene ring substituents is 1. The van der Waals surface area contributed by atoms with Crippen LogP contribution in [0.3, 0.4) is 0 Å². The van der Waals surface area contributed by atoms with Crippen molar-refractivity contribution < 1.29 is 9.72 Å². The number of carbonyl (C=O) groups is 1. The highest BCUT2D eigenvalue weighted by Crippen LogP contribution is 2.28. The monoisotopic (exact) mass is 278 g/mol. The number of amides is 1. The van der Waals surface area contributed by atoms with Gasteiger partial charge in [0.25, 0.3) is 11.6 Å². The van der Waals surface area contributed by atoms with Gasteiger partial charge in [0.15, 0.2) is 0 Å². The first-order valence-electron chi connectivity index (χ1n) is 6.49. The number of primary amides is 1. The second-order valence-corrected chi connectivity index (χ2v) is 5.20. The van der Waals surface area contributed by atoms with Gasteiger partial charge in [-0.3, -0.25) is 14.9 Å². The summed E-state index contributed by atoms with van der Waals surface area (Å²) in [7, 11) is 0. The van der Waals surface area contributed by atoms with Gasteiger partial charge < -0.3 is 16.4 Å². The summed E-state index contributed by atoms with van der Waals surface area (Å²) in [6.07, 6.45) is 0.913. The lowest BCUT2D eigenvalue weighted by atomic mass is 9.93. The second kappa shape index (κ2) is 5.46. The van der Waals surface area contributed by atoms with Gasteiger partial charge >= 0.3 is 0 Å². The molecule has 108 valence electrons. The summed E-state index contributed by atoms with van der Waals surface area (Å²) in [5.74, 6) is -0.253. The van der Waals surface area contributed by atoms with E-state index in [1.165, 1.54) is 12.1 Å². The third-order valence-corrected chi connectivity index (χ3v) is 3.81. The van der Waals surface area contributed by atoms with Crippen LogP contribution >= 0.6 is 0 Å². The molecular formula is C13H18N4O3. The molecule has 0 aliphatic carbocycles. The van der Waals surface area contributed by atoms with Crippen molar-refractivity contribution in [2.24, 2.45) is 17.4 Å². The fourth-order valence-corrected chi connectivity index (χ4v) is 2.43. The normalized spacial score (nSPS) is 22.6. The zero-order chi connectivity index (χ0) is 14.9. The van der Waals surface area contributed by atoms with Gasteiger partial charge in [-0.25, -0.2) is 0 Å².